The number of piperidine rings is 1. The van der Waals surface area contributed by atoms with E-state index in [-0.39, 0.29) is 48.1 Å². The van der Waals surface area contributed by atoms with Crippen LogP contribution in [0.2, 0.25) is 0 Å². The van der Waals surface area contributed by atoms with Crippen LogP contribution in [0.1, 0.15) is 68.3 Å². The predicted octanol–water partition coefficient (Wildman–Crippen LogP) is 4.49. The van der Waals surface area contributed by atoms with Crippen LogP contribution in [0.3, 0.4) is 0 Å². The van der Waals surface area contributed by atoms with E-state index in [1.165, 1.54) is 12.4 Å². The van der Waals surface area contributed by atoms with Crippen molar-refractivity contribution < 1.29 is 36.4 Å². The maximum absolute atomic E-state index is 14.8. The molecule has 0 bridgehead atoms. The summed E-state index contributed by atoms with van der Waals surface area (Å²) >= 11 is 0. The Hall–Kier alpha value is -4.50. The summed E-state index contributed by atoms with van der Waals surface area (Å²) in [5, 5.41) is 6.43. The number of amides is 2. The third-order valence-corrected chi connectivity index (χ3v) is 7.95. The first-order chi connectivity index (χ1) is 21.6. The average molecular weight is 649 g/mol. The first-order valence-electron chi connectivity index (χ1n) is 14.8. The second kappa shape index (κ2) is 12.7. The largest absolute Gasteiger partial charge is 0.444 e. The zero-order valence-electron chi connectivity index (χ0n) is 26.1. The highest BCUT2D eigenvalue weighted by atomic mass is 19.3. The van der Waals surface area contributed by atoms with Gasteiger partial charge in [0.2, 0.25) is 5.95 Å². The summed E-state index contributed by atoms with van der Waals surface area (Å²) in [4.78, 5) is 43.5. The van der Waals surface area contributed by atoms with Gasteiger partial charge in [-0.25, -0.2) is 23.5 Å². The number of aromatic nitrogens is 4. The SMILES string of the molecule is CN(C(=O)c1cnc(N2C[C@H](NC(=O)OC(C)(C)C)[C@@H](c3cc(F)ccc3F)C2)nc1)C1CCN(c2noc(C(C)(F)F)n2)CC1. The number of carbonyl (C=O) groups is 2. The molecule has 1 aromatic carbocycles. The second-order valence-corrected chi connectivity index (χ2v) is 12.6. The molecule has 0 saturated carbocycles. The molecule has 12 nitrogen and oxygen atoms in total. The minimum absolute atomic E-state index is 0.0840. The molecule has 4 heterocycles. The van der Waals surface area contributed by atoms with Crippen LogP contribution in [0, 0.1) is 11.6 Å². The number of carbonyl (C=O) groups excluding carboxylic acids is 2. The fourth-order valence-corrected chi connectivity index (χ4v) is 5.63. The van der Waals surface area contributed by atoms with E-state index in [0.717, 1.165) is 18.2 Å². The van der Waals surface area contributed by atoms with Crippen molar-refractivity contribution in [2.45, 2.75) is 70.1 Å². The summed E-state index contributed by atoms with van der Waals surface area (Å²) in [7, 11) is 1.67. The number of ether oxygens (including phenoxy) is 1. The van der Waals surface area contributed by atoms with Crippen LogP contribution in [0.5, 0.6) is 0 Å². The summed E-state index contributed by atoms with van der Waals surface area (Å²) in [6.45, 7) is 7.07. The minimum Gasteiger partial charge on any atom is -0.444 e. The molecule has 0 unspecified atom stereocenters. The summed E-state index contributed by atoms with van der Waals surface area (Å²) in [5.41, 5.74) is -0.409. The number of hydrogen-bond acceptors (Lipinski definition) is 10. The van der Waals surface area contributed by atoms with Crippen LogP contribution in [0.25, 0.3) is 0 Å². The molecule has 0 spiro atoms. The first kappa shape index (κ1) is 32.9. The molecule has 2 saturated heterocycles. The molecule has 1 N–H and O–H groups in total. The van der Waals surface area contributed by atoms with E-state index in [0.29, 0.717) is 32.9 Å². The lowest BCUT2D eigenvalue weighted by molar-refractivity contribution is -0.0158. The third-order valence-electron chi connectivity index (χ3n) is 7.95. The summed E-state index contributed by atoms with van der Waals surface area (Å²) in [6.07, 6.45) is 3.20. The monoisotopic (exact) mass is 648 g/mol. The molecule has 2 aromatic heterocycles. The van der Waals surface area contributed by atoms with Gasteiger partial charge in [0.15, 0.2) is 0 Å². The number of hydrogen-bond donors (Lipinski definition) is 1. The number of halogens is 4. The molecule has 2 aliphatic heterocycles. The van der Waals surface area contributed by atoms with Gasteiger partial charge in [-0.1, -0.05) is 0 Å². The molecule has 2 amide bonds. The summed E-state index contributed by atoms with van der Waals surface area (Å²) in [5.74, 6) is -5.80. The van der Waals surface area contributed by atoms with Crippen LogP contribution < -0.4 is 15.1 Å². The quantitative estimate of drug-likeness (QED) is 0.366. The minimum atomic E-state index is -3.23. The third kappa shape index (κ3) is 7.48. The Kier molecular flexibility index (Phi) is 9.09. The fraction of sp³-hybridized carbons (Fsp3) is 0.533. The number of benzene rings is 1. The van der Waals surface area contributed by atoms with Gasteiger partial charge in [0.05, 0.1) is 11.6 Å². The highest BCUT2D eigenvalue weighted by Crippen LogP contribution is 2.33. The smallest absolute Gasteiger partial charge is 0.407 e. The average Bonchev–Trinajstić information content (AvgIpc) is 3.65. The Morgan fingerprint density at radius 1 is 1.02 bits per heavy atom. The number of nitrogens with zero attached hydrogens (tertiary/aromatic N) is 7. The molecule has 16 heteroatoms. The highest BCUT2D eigenvalue weighted by molar-refractivity contribution is 5.93. The zero-order chi connectivity index (χ0) is 33.4. The van der Waals surface area contributed by atoms with Crippen molar-refractivity contribution in [3.63, 3.8) is 0 Å². The molecular weight excluding hydrogens is 612 g/mol. The van der Waals surface area contributed by atoms with Gasteiger partial charge >= 0.3 is 12.0 Å². The lowest BCUT2D eigenvalue weighted by Gasteiger charge is -2.36. The maximum atomic E-state index is 14.8. The van der Waals surface area contributed by atoms with E-state index < -0.39 is 47.1 Å². The second-order valence-electron chi connectivity index (χ2n) is 12.6. The van der Waals surface area contributed by atoms with Crippen LogP contribution in [0.4, 0.5) is 34.3 Å². The Morgan fingerprint density at radius 3 is 2.30 bits per heavy atom. The van der Waals surface area contributed by atoms with Gasteiger partial charge < -0.3 is 29.3 Å². The molecule has 3 aromatic rings. The normalized spacial score (nSPS) is 19.3. The van der Waals surface area contributed by atoms with Gasteiger partial charge in [-0.15, -0.1) is 0 Å². The van der Waals surface area contributed by atoms with Crippen molar-refractivity contribution >= 4 is 23.9 Å². The Balaban J connectivity index is 1.23. The van der Waals surface area contributed by atoms with Gasteiger partial charge in [0, 0.05) is 64.5 Å². The molecular formula is C30H36F4N8O4. The predicted molar refractivity (Wildman–Crippen MR) is 158 cm³/mol. The van der Waals surface area contributed by atoms with Crippen molar-refractivity contribution in [3.8, 4) is 0 Å². The van der Waals surface area contributed by atoms with E-state index >= 15 is 0 Å². The highest BCUT2D eigenvalue weighted by Gasteiger charge is 2.39. The molecule has 5 rings (SSSR count). The van der Waals surface area contributed by atoms with Crippen LogP contribution in [-0.2, 0) is 10.7 Å². The zero-order valence-corrected chi connectivity index (χ0v) is 26.1. The standard InChI is InChI=1S/C30H36F4N8O4/c1-29(2,3)45-28(44)37-23-16-42(15-21(23)20-12-18(31)6-7-22(20)32)26-35-13-17(14-36-26)24(43)40(5)19-8-10-41(11-9-19)27-38-25(46-39-27)30(4,33)34/h6-7,12-14,19,21,23H,8-11,15-16H2,1-5H3,(H,37,44)/t21-,23+/m1/s1. The van der Waals surface area contributed by atoms with Gasteiger partial charge in [-0.05, 0) is 62.5 Å². The van der Waals surface area contributed by atoms with Crippen molar-refractivity contribution in [2.24, 2.45) is 0 Å². The van der Waals surface area contributed by atoms with E-state index in [1.54, 1.807) is 42.5 Å². The van der Waals surface area contributed by atoms with Crippen molar-refractivity contribution in [1.82, 2.24) is 30.3 Å². The number of anilines is 2. The number of alkyl carbamates (subject to hydrolysis) is 1. The molecule has 0 radical (unpaired) electrons. The maximum Gasteiger partial charge on any atom is 0.407 e. The number of nitrogens with one attached hydrogen (secondary N) is 1. The lowest BCUT2D eigenvalue weighted by atomic mass is 9.94. The lowest BCUT2D eigenvalue weighted by Crippen LogP contribution is -2.46. The van der Waals surface area contributed by atoms with Crippen molar-refractivity contribution in [1.29, 1.82) is 0 Å². The Labute approximate surface area is 263 Å². The van der Waals surface area contributed by atoms with Crippen LogP contribution in [0.15, 0.2) is 35.1 Å². The molecule has 2 aliphatic rings. The fourth-order valence-electron chi connectivity index (χ4n) is 5.63. The van der Waals surface area contributed by atoms with E-state index in [4.69, 9.17) is 4.74 Å². The van der Waals surface area contributed by atoms with Crippen LogP contribution >= 0.6 is 0 Å². The van der Waals surface area contributed by atoms with Crippen molar-refractivity contribution in [2.75, 3.05) is 43.0 Å². The topological polar surface area (TPSA) is 130 Å². The molecule has 2 atom stereocenters. The summed E-state index contributed by atoms with van der Waals surface area (Å²) in [6, 6.07) is 2.40. The van der Waals surface area contributed by atoms with Gasteiger partial charge in [0.25, 0.3) is 17.7 Å². The van der Waals surface area contributed by atoms with E-state index in [1.807, 2.05) is 0 Å². The first-order valence-corrected chi connectivity index (χ1v) is 14.8. The summed E-state index contributed by atoms with van der Waals surface area (Å²) < 4.78 is 65.9. The Bertz CT molecular complexity index is 1550. The van der Waals surface area contributed by atoms with E-state index in [9.17, 15) is 27.2 Å². The van der Waals surface area contributed by atoms with Crippen molar-refractivity contribution in [3.05, 3.63) is 59.2 Å². The van der Waals surface area contributed by atoms with Crippen LogP contribution in [-0.4, -0.2) is 87.9 Å². The molecule has 46 heavy (non-hydrogen) atoms. The molecule has 0 aliphatic carbocycles. The van der Waals surface area contributed by atoms with Gasteiger partial charge in [-0.3, -0.25) is 4.79 Å². The molecule has 2 fully saturated rings. The number of rotatable bonds is 7. The van der Waals surface area contributed by atoms with Gasteiger partial charge in [-0.2, -0.15) is 13.8 Å². The van der Waals surface area contributed by atoms with Gasteiger partial charge in [0.1, 0.15) is 17.2 Å². The molecule has 248 valence electrons. The number of alkyl halides is 2. The van der Waals surface area contributed by atoms with E-state index in [2.05, 4.69) is 29.9 Å². The Morgan fingerprint density at radius 2 is 1.70 bits per heavy atom.